The van der Waals surface area contributed by atoms with Gasteiger partial charge < -0.3 is 19.0 Å². The van der Waals surface area contributed by atoms with Crippen molar-refractivity contribution in [3.8, 4) is 5.75 Å². The fraction of sp³-hybridized carbons (Fsp3) is 0.694. The number of carbonyl (C=O) groups is 1. The summed E-state index contributed by atoms with van der Waals surface area (Å²) < 4.78 is 250. The van der Waals surface area contributed by atoms with Crippen molar-refractivity contribution in [1.29, 1.82) is 0 Å². The standard InChI is InChI=1S/C36H45F17O5Si/c1-7-56-27(54)13-11-9-8-10-12-24(6)28(55)25-14-16-26(17-15-25)57-19-20-58-59(22(2)3,23(4)5)21-18-29(37,38)30(39,40)31(41,42)32(43,44)33(45,46)34(47,48)35(49,50)36(51,52)53/h8-9,11,13-17,22-24,28,55H,7,10,12,18-21H2,1-6H3/b9-8+,13-11+/t24-,28+/m0/s1. The van der Waals surface area contributed by atoms with Crippen molar-refractivity contribution in [3.63, 3.8) is 0 Å². The van der Waals surface area contributed by atoms with Crippen LogP contribution in [0.4, 0.5) is 74.6 Å². The van der Waals surface area contributed by atoms with E-state index in [1.165, 1.54) is 64.1 Å². The molecule has 1 N–H and O–H groups in total. The van der Waals surface area contributed by atoms with Gasteiger partial charge in [-0.2, -0.15) is 74.6 Å². The van der Waals surface area contributed by atoms with Crippen molar-refractivity contribution in [2.45, 2.75) is 132 Å². The van der Waals surface area contributed by atoms with E-state index < -0.39 is 98.2 Å². The van der Waals surface area contributed by atoms with Crippen molar-refractivity contribution in [2.24, 2.45) is 5.92 Å². The van der Waals surface area contributed by atoms with E-state index in [0.717, 1.165) is 0 Å². The number of ether oxygens (including phenoxy) is 2. The summed E-state index contributed by atoms with van der Waals surface area (Å²) in [5.74, 6) is -57.2. The Morgan fingerprint density at radius 2 is 1.17 bits per heavy atom. The molecule has 0 aliphatic heterocycles. The van der Waals surface area contributed by atoms with E-state index in [9.17, 15) is 84.5 Å². The zero-order valence-electron chi connectivity index (χ0n) is 32.4. The Kier molecular flexibility index (Phi) is 18.1. The number of hydrogen-bond donors (Lipinski definition) is 1. The van der Waals surface area contributed by atoms with Crippen LogP contribution in [0.15, 0.2) is 48.6 Å². The minimum Gasteiger partial charge on any atom is -0.491 e. The molecule has 342 valence electrons. The first-order chi connectivity index (χ1) is 26.6. The van der Waals surface area contributed by atoms with Crippen molar-refractivity contribution in [3.05, 3.63) is 54.1 Å². The molecule has 0 saturated heterocycles. The lowest BCUT2D eigenvalue weighted by atomic mass is 9.88. The topological polar surface area (TPSA) is 65.0 Å². The van der Waals surface area contributed by atoms with Crippen LogP contribution in [0, 0.1) is 5.92 Å². The summed E-state index contributed by atoms with van der Waals surface area (Å²) in [6, 6.07) is 4.65. The van der Waals surface area contributed by atoms with Crippen LogP contribution in [0.5, 0.6) is 5.75 Å². The number of alkyl halides is 17. The third-order valence-corrected chi connectivity index (χ3v) is 15.3. The maximum Gasteiger partial charge on any atom is 0.460 e. The molecule has 0 spiro atoms. The number of aliphatic hydroxyl groups is 1. The van der Waals surface area contributed by atoms with Gasteiger partial charge in [-0.05, 0) is 60.5 Å². The zero-order chi connectivity index (χ0) is 46.3. The Hall–Kier alpha value is -3.08. The summed E-state index contributed by atoms with van der Waals surface area (Å²) in [7, 11) is -3.94. The SMILES string of the molecule is CCOC(=O)/C=C/C=C/CC[C@H](C)[C@@H](O)c1ccc(OCCO[Si](CCC(F)(F)C(F)(F)C(F)(F)C(F)(F)C(F)(F)C(F)(F)C(F)(F)C(F)(F)F)(C(C)C)C(C)C)cc1. The van der Waals surface area contributed by atoms with E-state index in [2.05, 4.69) is 0 Å². The van der Waals surface area contributed by atoms with Gasteiger partial charge in [0.05, 0.1) is 19.3 Å². The molecular formula is C36H45F17O5Si. The summed E-state index contributed by atoms with van der Waals surface area (Å²) in [5.41, 5.74) is -1.20. The molecule has 0 bridgehead atoms. The molecule has 59 heavy (non-hydrogen) atoms. The molecule has 0 aliphatic carbocycles. The summed E-state index contributed by atoms with van der Waals surface area (Å²) in [5, 5.41) is 10.7. The second-order valence-electron chi connectivity index (χ2n) is 14.2. The van der Waals surface area contributed by atoms with Crippen LogP contribution < -0.4 is 4.74 Å². The van der Waals surface area contributed by atoms with E-state index in [0.29, 0.717) is 18.4 Å². The summed E-state index contributed by atoms with van der Waals surface area (Å²) in [6.07, 6.45) is -3.97. The molecular weight excluding hydrogens is 863 g/mol. The molecule has 23 heteroatoms. The normalized spacial score (nSPS) is 15.8. The van der Waals surface area contributed by atoms with Gasteiger partial charge in [0.15, 0.2) is 8.32 Å². The highest BCUT2D eigenvalue weighted by Gasteiger charge is 2.95. The predicted molar refractivity (Wildman–Crippen MR) is 182 cm³/mol. The Morgan fingerprint density at radius 3 is 1.63 bits per heavy atom. The Labute approximate surface area is 330 Å². The second kappa shape index (κ2) is 19.7. The number of aliphatic hydroxyl groups excluding tert-OH is 1. The lowest BCUT2D eigenvalue weighted by molar-refractivity contribution is -0.461. The first-order valence-corrected chi connectivity index (χ1v) is 20.1. The molecule has 0 fully saturated rings. The Balaban J connectivity index is 3.09. The average Bonchev–Trinajstić information content (AvgIpc) is 3.11. The molecule has 5 nitrogen and oxygen atoms in total. The van der Waals surface area contributed by atoms with Gasteiger partial charge in [-0.25, -0.2) is 4.79 Å². The second-order valence-corrected chi connectivity index (χ2v) is 19.2. The van der Waals surface area contributed by atoms with Gasteiger partial charge in [0, 0.05) is 12.5 Å². The number of allylic oxidation sites excluding steroid dienone is 3. The van der Waals surface area contributed by atoms with E-state index >= 15 is 0 Å². The molecule has 0 radical (unpaired) electrons. The molecule has 1 aromatic rings. The van der Waals surface area contributed by atoms with E-state index in [1.54, 1.807) is 26.0 Å². The molecule has 0 heterocycles. The number of benzene rings is 1. The van der Waals surface area contributed by atoms with Crippen LogP contribution in [0.25, 0.3) is 0 Å². The summed E-state index contributed by atoms with van der Waals surface area (Å²) in [6.45, 7) is 8.19. The third kappa shape index (κ3) is 11.2. The minimum atomic E-state index is -8.68. The van der Waals surface area contributed by atoms with Gasteiger partial charge in [0.1, 0.15) is 12.4 Å². The highest BCUT2D eigenvalue weighted by atomic mass is 28.4. The molecule has 0 aliphatic rings. The number of carbonyl (C=O) groups excluding carboxylic acids is 1. The molecule has 2 atom stereocenters. The van der Waals surface area contributed by atoms with E-state index in [1.807, 2.05) is 0 Å². The Bertz CT molecular complexity index is 1540. The quantitative estimate of drug-likeness (QED) is 0.0280. The molecule has 0 saturated carbocycles. The predicted octanol–water partition coefficient (Wildman–Crippen LogP) is 12.4. The van der Waals surface area contributed by atoms with Gasteiger partial charge in [-0.15, -0.1) is 0 Å². The number of esters is 1. The molecule has 0 unspecified atom stereocenters. The van der Waals surface area contributed by atoms with E-state index in [-0.39, 0.29) is 24.9 Å². The van der Waals surface area contributed by atoms with Crippen LogP contribution in [-0.2, 0) is 14.0 Å². The number of rotatable bonds is 24. The van der Waals surface area contributed by atoms with Crippen LogP contribution in [0.2, 0.25) is 17.1 Å². The first-order valence-electron chi connectivity index (χ1n) is 17.8. The smallest absolute Gasteiger partial charge is 0.460 e. The van der Waals surface area contributed by atoms with Gasteiger partial charge in [0.2, 0.25) is 0 Å². The lowest BCUT2D eigenvalue weighted by Crippen LogP contribution is -2.74. The van der Waals surface area contributed by atoms with Crippen molar-refractivity contribution in [2.75, 3.05) is 19.8 Å². The van der Waals surface area contributed by atoms with Gasteiger partial charge in [-0.3, -0.25) is 0 Å². The molecule has 0 aromatic heterocycles. The van der Waals surface area contributed by atoms with Crippen molar-refractivity contribution in [1.82, 2.24) is 0 Å². The lowest BCUT2D eigenvalue weighted by Gasteiger charge is -2.44. The van der Waals surface area contributed by atoms with Gasteiger partial charge in [-0.1, -0.05) is 65.0 Å². The fourth-order valence-electron chi connectivity index (χ4n) is 5.85. The van der Waals surface area contributed by atoms with Gasteiger partial charge in [0.25, 0.3) is 0 Å². The maximum absolute atomic E-state index is 14.9. The van der Waals surface area contributed by atoms with Crippen molar-refractivity contribution < 1.29 is 98.4 Å². The van der Waals surface area contributed by atoms with Crippen LogP contribution >= 0.6 is 0 Å². The Morgan fingerprint density at radius 1 is 0.695 bits per heavy atom. The third-order valence-electron chi connectivity index (χ3n) is 9.61. The fourth-order valence-corrected chi connectivity index (χ4v) is 10.3. The number of hydrogen-bond acceptors (Lipinski definition) is 5. The highest BCUT2D eigenvalue weighted by Crippen LogP contribution is 2.64. The molecule has 1 rings (SSSR count). The highest BCUT2D eigenvalue weighted by molar-refractivity contribution is 6.76. The summed E-state index contributed by atoms with van der Waals surface area (Å²) in [4.78, 5) is 11.3. The minimum absolute atomic E-state index is 0.194. The van der Waals surface area contributed by atoms with Crippen LogP contribution in [0.3, 0.4) is 0 Å². The average molecular weight is 909 g/mol. The molecule has 0 amide bonds. The van der Waals surface area contributed by atoms with Crippen molar-refractivity contribution >= 4 is 14.3 Å². The van der Waals surface area contributed by atoms with E-state index in [4.69, 9.17) is 13.9 Å². The molecule has 1 aromatic carbocycles. The van der Waals surface area contributed by atoms with Gasteiger partial charge >= 0.3 is 53.6 Å². The zero-order valence-corrected chi connectivity index (χ0v) is 33.4. The van der Waals surface area contributed by atoms with Crippen LogP contribution in [0.1, 0.15) is 72.5 Å². The first kappa shape index (κ1) is 53.9. The van der Waals surface area contributed by atoms with Crippen LogP contribution in [-0.4, -0.2) is 86.8 Å². The monoisotopic (exact) mass is 908 g/mol. The summed E-state index contributed by atoms with van der Waals surface area (Å²) >= 11 is 0. The maximum atomic E-state index is 14.9. The largest absolute Gasteiger partial charge is 0.491 e. The number of halogens is 17.